The summed E-state index contributed by atoms with van der Waals surface area (Å²) in [6, 6.07) is 2.05. The summed E-state index contributed by atoms with van der Waals surface area (Å²) in [6.07, 6.45) is -8.19. The number of nitrogens with one attached hydrogen (secondary N) is 1. The van der Waals surface area contributed by atoms with E-state index in [4.69, 9.17) is 15.0 Å². The third kappa shape index (κ3) is 7.02. The van der Waals surface area contributed by atoms with E-state index in [2.05, 4.69) is 15.3 Å². The van der Waals surface area contributed by atoms with Gasteiger partial charge >= 0.3 is 24.3 Å². The topological polar surface area (TPSA) is 112 Å². The van der Waals surface area contributed by atoms with Gasteiger partial charge in [-0.25, -0.2) is 19.6 Å². The van der Waals surface area contributed by atoms with Gasteiger partial charge in [-0.05, 0) is 30.0 Å². The first kappa shape index (κ1) is 23.1. The number of carboxylic acids is 2. The first-order valence-electron chi connectivity index (χ1n) is 7.00. The van der Waals surface area contributed by atoms with Crippen molar-refractivity contribution < 1.29 is 46.1 Å². The lowest BCUT2D eigenvalue weighted by Crippen LogP contribution is -2.21. The number of aromatic carboxylic acids is 1. The van der Waals surface area contributed by atoms with Crippen molar-refractivity contribution in [3.05, 3.63) is 40.0 Å². The minimum Gasteiger partial charge on any atom is -0.475 e. The van der Waals surface area contributed by atoms with Crippen LogP contribution < -0.4 is 5.32 Å². The first-order chi connectivity index (χ1) is 12.7. The van der Waals surface area contributed by atoms with Crippen molar-refractivity contribution >= 4 is 29.1 Å². The van der Waals surface area contributed by atoms with Crippen molar-refractivity contribution in [2.45, 2.75) is 25.3 Å². The van der Waals surface area contributed by atoms with Gasteiger partial charge in [0, 0.05) is 6.20 Å². The van der Waals surface area contributed by atoms with Gasteiger partial charge in [-0.2, -0.15) is 26.3 Å². The van der Waals surface area contributed by atoms with Crippen LogP contribution in [0.25, 0.3) is 0 Å². The number of thiophene rings is 1. The number of anilines is 1. The van der Waals surface area contributed by atoms with Crippen LogP contribution in [0.2, 0.25) is 0 Å². The maximum Gasteiger partial charge on any atom is 0.490 e. The molecule has 0 fully saturated rings. The van der Waals surface area contributed by atoms with Gasteiger partial charge in [-0.1, -0.05) is 0 Å². The number of hydrogen-bond acceptors (Lipinski definition) is 6. The number of carbonyl (C=O) groups is 2. The average molecular weight is 431 g/mol. The molecule has 0 aliphatic heterocycles. The number of aliphatic carboxylic acids is 1. The molecule has 3 N–H and O–H groups in total. The number of alkyl halides is 6. The number of halogens is 6. The van der Waals surface area contributed by atoms with Crippen LogP contribution in [0.5, 0.6) is 0 Å². The van der Waals surface area contributed by atoms with Gasteiger partial charge in [0.1, 0.15) is 10.7 Å². The van der Waals surface area contributed by atoms with Crippen molar-refractivity contribution in [3.63, 3.8) is 0 Å². The summed E-state index contributed by atoms with van der Waals surface area (Å²) in [5.41, 5.74) is 0.447. The highest BCUT2D eigenvalue weighted by Crippen LogP contribution is 2.36. The van der Waals surface area contributed by atoms with Crippen LogP contribution in [0.4, 0.5) is 32.2 Å². The zero-order valence-corrected chi connectivity index (χ0v) is 14.5. The molecule has 14 heteroatoms. The minimum absolute atomic E-state index is 0.231. The monoisotopic (exact) mass is 431 g/mol. The number of nitrogens with zero attached hydrogens (tertiary/aromatic N) is 2. The Bertz CT molecular complexity index is 837. The molecule has 0 aromatic carbocycles. The quantitative estimate of drug-likeness (QED) is 0.626. The fourth-order valence-corrected chi connectivity index (χ4v) is 2.45. The number of aromatic nitrogens is 2. The van der Waals surface area contributed by atoms with E-state index in [0.29, 0.717) is 16.9 Å². The van der Waals surface area contributed by atoms with Crippen molar-refractivity contribution in [3.8, 4) is 0 Å². The molecule has 2 aromatic heterocycles. The smallest absolute Gasteiger partial charge is 0.475 e. The number of hydrogen-bond donors (Lipinski definition) is 3. The third-order valence-corrected chi connectivity index (χ3v) is 3.85. The lowest BCUT2D eigenvalue weighted by atomic mass is 10.1. The van der Waals surface area contributed by atoms with Crippen molar-refractivity contribution in [2.75, 3.05) is 5.32 Å². The highest BCUT2D eigenvalue weighted by Gasteiger charge is 2.38. The Hall–Kier alpha value is -2.90. The van der Waals surface area contributed by atoms with E-state index in [1.165, 1.54) is 17.6 Å². The molecule has 2 rings (SSSR count). The summed E-state index contributed by atoms with van der Waals surface area (Å²) < 4.78 is 69.3. The molecule has 0 spiro atoms. The standard InChI is InChI=1S/C12H10F3N3O2S.C2HF3O2/c1-6(7-4-8(21-5-7)12(13,14)15)17-9-2-3-16-10(18-9)11(19)20;3-2(4,5)1(6)7/h2-6H,1H3,(H,19,20)(H,16,17,18);(H,6,7). The molecule has 1 atom stereocenters. The lowest BCUT2D eigenvalue weighted by Gasteiger charge is -2.13. The highest BCUT2D eigenvalue weighted by atomic mass is 32.1. The molecule has 0 radical (unpaired) electrons. The molecule has 28 heavy (non-hydrogen) atoms. The van der Waals surface area contributed by atoms with Gasteiger partial charge in [-0.3, -0.25) is 0 Å². The Balaban J connectivity index is 0.000000480. The molecule has 0 aliphatic rings. The molecule has 0 saturated heterocycles. The van der Waals surface area contributed by atoms with Gasteiger partial charge in [0.15, 0.2) is 0 Å². The predicted octanol–water partition coefficient (Wildman–Crippen LogP) is 4.06. The molecule has 1 unspecified atom stereocenters. The number of rotatable bonds is 4. The maximum atomic E-state index is 12.5. The van der Waals surface area contributed by atoms with Crippen LogP contribution in [0.3, 0.4) is 0 Å². The maximum absolute atomic E-state index is 12.5. The van der Waals surface area contributed by atoms with Gasteiger partial charge in [0.05, 0.1) is 6.04 Å². The van der Waals surface area contributed by atoms with E-state index in [1.54, 1.807) is 6.92 Å². The first-order valence-corrected chi connectivity index (χ1v) is 7.88. The van der Waals surface area contributed by atoms with E-state index in [0.717, 1.165) is 6.07 Å². The minimum atomic E-state index is -5.08. The fraction of sp³-hybridized carbons (Fsp3) is 0.286. The Morgan fingerprint density at radius 2 is 1.75 bits per heavy atom. The summed E-state index contributed by atoms with van der Waals surface area (Å²) in [6.45, 7) is 1.66. The Labute approximate surface area is 156 Å². The Morgan fingerprint density at radius 3 is 2.18 bits per heavy atom. The fourth-order valence-electron chi connectivity index (χ4n) is 1.57. The van der Waals surface area contributed by atoms with Crippen molar-refractivity contribution in [1.82, 2.24) is 9.97 Å². The number of carboxylic acid groups (broad SMARTS) is 2. The van der Waals surface area contributed by atoms with Gasteiger partial charge < -0.3 is 15.5 Å². The second kappa shape index (κ2) is 8.86. The van der Waals surface area contributed by atoms with Crippen LogP contribution in [-0.2, 0) is 11.0 Å². The Morgan fingerprint density at radius 1 is 1.18 bits per heavy atom. The largest absolute Gasteiger partial charge is 0.490 e. The van der Waals surface area contributed by atoms with Gasteiger partial charge in [0.2, 0.25) is 5.82 Å². The SMILES string of the molecule is CC(Nc1ccnc(C(=O)O)n1)c1csc(C(F)(F)F)c1.O=C(O)C(F)(F)F. The molecule has 0 saturated carbocycles. The molecular formula is C14H11F6N3O4S. The Kier molecular flexibility index (Phi) is 7.32. The molecule has 0 amide bonds. The highest BCUT2D eigenvalue weighted by molar-refractivity contribution is 7.10. The molecule has 154 valence electrons. The van der Waals surface area contributed by atoms with E-state index in [-0.39, 0.29) is 11.6 Å². The van der Waals surface area contributed by atoms with Crippen molar-refractivity contribution in [2.24, 2.45) is 0 Å². The molecule has 7 nitrogen and oxygen atoms in total. The van der Waals surface area contributed by atoms with Crippen molar-refractivity contribution in [1.29, 1.82) is 0 Å². The summed E-state index contributed by atoms with van der Waals surface area (Å²) >= 11 is 0.612. The molecule has 0 bridgehead atoms. The van der Waals surface area contributed by atoms with E-state index >= 15 is 0 Å². The van der Waals surface area contributed by atoms with Crippen LogP contribution in [0.1, 0.15) is 34.0 Å². The van der Waals surface area contributed by atoms with Crippen LogP contribution >= 0.6 is 11.3 Å². The zero-order valence-electron chi connectivity index (χ0n) is 13.7. The average Bonchev–Trinajstić information content (AvgIpc) is 3.05. The van der Waals surface area contributed by atoms with Crippen LogP contribution in [0, 0.1) is 0 Å². The molecule has 0 aliphatic carbocycles. The zero-order chi connectivity index (χ0) is 21.7. The molecule has 2 heterocycles. The molecule has 2 aromatic rings. The second-order valence-corrected chi connectivity index (χ2v) is 5.89. The van der Waals surface area contributed by atoms with Crippen LogP contribution in [-0.4, -0.2) is 38.3 Å². The summed E-state index contributed by atoms with van der Waals surface area (Å²) in [7, 11) is 0. The third-order valence-electron chi connectivity index (χ3n) is 2.85. The van der Waals surface area contributed by atoms with E-state index in [1.807, 2.05) is 0 Å². The summed E-state index contributed by atoms with van der Waals surface area (Å²) in [5.74, 6) is -4.18. The summed E-state index contributed by atoms with van der Waals surface area (Å²) in [5, 5.41) is 20.1. The van der Waals surface area contributed by atoms with Crippen LogP contribution in [0.15, 0.2) is 23.7 Å². The van der Waals surface area contributed by atoms with Gasteiger partial charge in [-0.15, -0.1) is 11.3 Å². The second-order valence-electron chi connectivity index (χ2n) is 4.98. The normalized spacial score (nSPS) is 12.5. The van der Waals surface area contributed by atoms with Gasteiger partial charge in [0.25, 0.3) is 0 Å². The summed E-state index contributed by atoms with van der Waals surface area (Å²) in [4.78, 5) is 26.3. The lowest BCUT2D eigenvalue weighted by molar-refractivity contribution is -0.192. The van der Waals surface area contributed by atoms with E-state index < -0.39 is 35.2 Å². The van der Waals surface area contributed by atoms with E-state index in [9.17, 15) is 31.1 Å². The molecular weight excluding hydrogens is 420 g/mol. The predicted molar refractivity (Wildman–Crippen MR) is 84.0 cm³/mol.